The zero-order valence-electron chi connectivity index (χ0n) is 8.93. The molecule has 0 saturated heterocycles. The molecular formula is C11H10N2O3. The van der Waals surface area contributed by atoms with E-state index in [1.807, 2.05) is 0 Å². The normalized spacial score (nSPS) is 10.4. The van der Waals surface area contributed by atoms with E-state index in [9.17, 15) is 9.59 Å². The Balaban J connectivity index is 2.84. The number of ether oxygens (including phenoxy) is 1. The molecule has 0 radical (unpaired) electrons. The van der Waals surface area contributed by atoms with Crippen LogP contribution in [0.2, 0.25) is 0 Å². The summed E-state index contributed by atoms with van der Waals surface area (Å²) in [6.45, 7) is 1.77. The Morgan fingerprint density at radius 1 is 1.44 bits per heavy atom. The van der Waals surface area contributed by atoms with Gasteiger partial charge in [-0.1, -0.05) is 6.07 Å². The van der Waals surface area contributed by atoms with Gasteiger partial charge < -0.3 is 4.74 Å². The Labute approximate surface area is 91.3 Å². The first kappa shape index (κ1) is 10.4. The van der Waals surface area contributed by atoms with Gasteiger partial charge in [0, 0.05) is 11.9 Å². The molecule has 0 atom stereocenters. The molecule has 0 unspecified atom stereocenters. The van der Waals surface area contributed by atoms with E-state index in [0.29, 0.717) is 5.65 Å². The van der Waals surface area contributed by atoms with Crippen LogP contribution in [0.25, 0.3) is 5.65 Å². The van der Waals surface area contributed by atoms with Crippen LogP contribution in [0.1, 0.15) is 16.1 Å². The molecule has 82 valence electrons. The van der Waals surface area contributed by atoms with Gasteiger partial charge in [-0.25, -0.2) is 9.78 Å². The lowest BCUT2D eigenvalue weighted by Gasteiger charge is -2.05. The molecule has 2 heterocycles. The quantitative estimate of drug-likeness (QED) is 0.664. The van der Waals surface area contributed by atoms with E-state index in [-0.39, 0.29) is 5.56 Å². The van der Waals surface area contributed by atoms with Gasteiger partial charge in [0.2, 0.25) is 0 Å². The molecule has 2 rings (SSSR count). The van der Waals surface area contributed by atoms with E-state index >= 15 is 0 Å². The number of carbonyl (C=O) groups excluding carboxylic acids is 1. The second kappa shape index (κ2) is 3.77. The number of nitrogens with zero attached hydrogens (tertiary/aromatic N) is 2. The maximum absolute atomic E-state index is 12.0. The van der Waals surface area contributed by atoms with Gasteiger partial charge in [0.05, 0.1) is 7.11 Å². The van der Waals surface area contributed by atoms with Crippen LogP contribution in [0, 0.1) is 6.92 Å². The first-order chi connectivity index (χ1) is 7.65. The molecule has 0 bridgehead atoms. The summed E-state index contributed by atoms with van der Waals surface area (Å²) in [5.41, 5.74) is 0.766. The number of esters is 1. The lowest BCUT2D eigenvalue weighted by Crippen LogP contribution is -2.24. The lowest BCUT2D eigenvalue weighted by molar-refractivity contribution is 0.0598. The maximum Gasteiger partial charge on any atom is 0.345 e. The van der Waals surface area contributed by atoms with Crippen LogP contribution in [0.5, 0.6) is 0 Å². The van der Waals surface area contributed by atoms with E-state index in [1.54, 1.807) is 25.1 Å². The number of pyridine rings is 1. The van der Waals surface area contributed by atoms with Gasteiger partial charge in [-0.2, -0.15) is 0 Å². The highest BCUT2D eigenvalue weighted by molar-refractivity contribution is 5.88. The summed E-state index contributed by atoms with van der Waals surface area (Å²) in [6, 6.07) is 5.28. The standard InChI is InChI=1S/C11H10N2O3/c1-7-4-3-5-9-12-6-8(11(15)16-2)10(14)13(7)9/h3-6H,1-2H3. The van der Waals surface area contributed by atoms with Crippen LogP contribution in [0.4, 0.5) is 0 Å². The summed E-state index contributed by atoms with van der Waals surface area (Å²) >= 11 is 0. The Morgan fingerprint density at radius 2 is 2.19 bits per heavy atom. The van der Waals surface area contributed by atoms with Crippen molar-refractivity contribution in [3.8, 4) is 0 Å². The van der Waals surface area contributed by atoms with E-state index < -0.39 is 11.5 Å². The number of aromatic nitrogens is 2. The van der Waals surface area contributed by atoms with Gasteiger partial charge in [0.1, 0.15) is 11.2 Å². The first-order valence-corrected chi connectivity index (χ1v) is 4.71. The van der Waals surface area contributed by atoms with Crippen molar-refractivity contribution in [2.75, 3.05) is 7.11 Å². The zero-order chi connectivity index (χ0) is 11.7. The van der Waals surface area contributed by atoms with Gasteiger partial charge in [0.25, 0.3) is 5.56 Å². The first-order valence-electron chi connectivity index (χ1n) is 4.71. The Morgan fingerprint density at radius 3 is 2.88 bits per heavy atom. The maximum atomic E-state index is 12.0. The summed E-state index contributed by atoms with van der Waals surface area (Å²) in [5, 5.41) is 0. The molecule has 2 aromatic heterocycles. The molecule has 0 spiro atoms. The third-order valence-electron chi connectivity index (χ3n) is 2.33. The number of hydrogen-bond acceptors (Lipinski definition) is 4. The molecule has 0 N–H and O–H groups in total. The minimum atomic E-state index is -0.671. The van der Waals surface area contributed by atoms with Crippen LogP contribution in [-0.2, 0) is 4.74 Å². The largest absolute Gasteiger partial charge is 0.465 e. The summed E-state index contributed by atoms with van der Waals surface area (Å²) < 4.78 is 5.89. The van der Waals surface area contributed by atoms with E-state index in [0.717, 1.165) is 5.69 Å². The van der Waals surface area contributed by atoms with Crippen LogP contribution in [-0.4, -0.2) is 22.5 Å². The molecule has 0 fully saturated rings. The third-order valence-corrected chi connectivity index (χ3v) is 2.33. The number of carbonyl (C=O) groups is 1. The zero-order valence-corrected chi connectivity index (χ0v) is 8.93. The molecule has 5 heteroatoms. The molecule has 0 amide bonds. The highest BCUT2D eigenvalue weighted by Crippen LogP contribution is 2.02. The average Bonchev–Trinajstić information content (AvgIpc) is 2.28. The van der Waals surface area contributed by atoms with Crippen molar-refractivity contribution in [3.63, 3.8) is 0 Å². The molecule has 0 aliphatic carbocycles. The highest BCUT2D eigenvalue weighted by atomic mass is 16.5. The topological polar surface area (TPSA) is 60.7 Å². The summed E-state index contributed by atoms with van der Waals surface area (Å²) in [5.74, 6) is -0.671. The van der Waals surface area contributed by atoms with E-state index in [1.165, 1.54) is 17.7 Å². The molecular weight excluding hydrogens is 208 g/mol. The summed E-state index contributed by atoms with van der Waals surface area (Å²) in [7, 11) is 1.23. The number of fused-ring (bicyclic) bond motifs is 1. The molecule has 0 aliphatic rings. The van der Waals surface area contributed by atoms with Crippen LogP contribution in [0.3, 0.4) is 0 Å². The summed E-state index contributed by atoms with van der Waals surface area (Å²) in [6.07, 6.45) is 1.24. The summed E-state index contributed by atoms with van der Waals surface area (Å²) in [4.78, 5) is 27.3. The van der Waals surface area contributed by atoms with Gasteiger partial charge in [-0.05, 0) is 19.1 Å². The van der Waals surface area contributed by atoms with Crippen LogP contribution < -0.4 is 5.56 Å². The smallest absolute Gasteiger partial charge is 0.345 e. The Kier molecular flexibility index (Phi) is 2.44. The predicted molar refractivity (Wildman–Crippen MR) is 57.5 cm³/mol. The van der Waals surface area contributed by atoms with Crippen molar-refractivity contribution >= 4 is 11.6 Å². The number of rotatable bonds is 1. The van der Waals surface area contributed by atoms with E-state index in [4.69, 9.17) is 0 Å². The minimum absolute atomic E-state index is 0.0608. The molecule has 2 aromatic rings. The van der Waals surface area contributed by atoms with Crippen molar-refractivity contribution in [1.29, 1.82) is 0 Å². The number of aryl methyl sites for hydroxylation is 1. The lowest BCUT2D eigenvalue weighted by atomic mass is 10.3. The van der Waals surface area contributed by atoms with Crippen LogP contribution in [0.15, 0.2) is 29.2 Å². The minimum Gasteiger partial charge on any atom is -0.465 e. The van der Waals surface area contributed by atoms with E-state index in [2.05, 4.69) is 9.72 Å². The highest BCUT2D eigenvalue weighted by Gasteiger charge is 2.13. The molecule has 5 nitrogen and oxygen atoms in total. The van der Waals surface area contributed by atoms with Crippen LogP contribution >= 0.6 is 0 Å². The molecule has 16 heavy (non-hydrogen) atoms. The van der Waals surface area contributed by atoms with Gasteiger partial charge in [-0.3, -0.25) is 9.20 Å². The fourth-order valence-corrected chi connectivity index (χ4v) is 1.52. The van der Waals surface area contributed by atoms with Gasteiger partial charge in [0.15, 0.2) is 0 Å². The van der Waals surface area contributed by atoms with Crippen molar-refractivity contribution < 1.29 is 9.53 Å². The third kappa shape index (κ3) is 1.46. The molecule has 0 saturated carbocycles. The Hall–Kier alpha value is -2.17. The average molecular weight is 218 g/mol. The SMILES string of the molecule is COC(=O)c1cnc2cccc(C)n2c1=O. The van der Waals surface area contributed by atoms with Gasteiger partial charge >= 0.3 is 5.97 Å². The van der Waals surface area contributed by atoms with Crippen molar-refractivity contribution in [2.24, 2.45) is 0 Å². The molecule has 0 aliphatic heterocycles. The second-order valence-electron chi connectivity index (χ2n) is 3.33. The fourth-order valence-electron chi connectivity index (χ4n) is 1.52. The number of hydrogen-bond donors (Lipinski definition) is 0. The van der Waals surface area contributed by atoms with Gasteiger partial charge in [-0.15, -0.1) is 0 Å². The second-order valence-corrected chi connectivity index (χ2v) is 3.33. The molecule has 0 aromatic carbocycles. The fraction of sp³-hybridized carbons (Fsp3) is 0.182. The number of methoxy groups -OCH3 is 1. The monoisotopic (exact) mass is 218 g/mol. The van der Waals surface area contributed by atoms with Crippen molar-refractivity contribution in [2.45, 2.75) is 6.92 Å². The Bertz CT molecular complexity index is 616. The predicted octanol–water partition coefficient (Wildman–Crippen LogP) is 0.790. The van der Waals surface area contributed by atoms with Crippen molar-refractivity contribution in [3.05, 3.63) is 46.0 Å². The van der Waals surface area contributed by atoms with Crippen molar-refractivity contribution in [1.82, 2.24) is 9.38 Å².